The van der Waals surface area contributed by atoms with Gasteiger partial charge in [0.05, 0.1) is 4.90 Å². The zero-order valence-corrected chi connectivity index (χ0v) is 12.9. The molecule has 19 heavy (non-hydrogen) atoms. The molecule has 0 unspecified atom stereocenters. The molecular formula is C13H17BrFNO2S. The van der Waals surface area contributed by atoms with Crippen LogP contribution in [-0.4, -0.2) is 20.3 Å². The highest BCUT2D eigenvalue weighted by Crippen LogP contribution is 2.39. The lowest BCUT2D eigenvalue weighted by molar-refractivity contribution is 0.347. The van der Waals surface area contributed by atoms with Gasteiger partial charge in [0.15, 0.2) is 0 Å². The molecule has 1 N–H and O–H groups in total. The molecule has 3 nitrogen and oxygen atoms in total. The van der Waals surface area contributed by atoms with Crippen LogP contribution in [0.4, 0.5) is 4.39 Å². The summed E-state index contributed by atoms with van der Waals surface area (Å²) in [5.74, 6) is -0.543. The van der Waals surface area contributed by atoms with Crippen LogP contribution in [0.3, 0.4) is 0 Å². The number of nitrogens with one attached hydrogen (secondary N) is 1. The van der Waals surface area contributed by atoms with E-state index in [9.17, 15) is 12.8 Å². The summed E-state index contributed by atoms with van der Waals surface area (Å²) in [6, 6.07) is 5.08. The van der Waals surface area contributed by atoms with E-state index in [-0.39, 0.29) is 10.3 Å². The van der Waals surface area contributed by atoms with E-state index >= 15 is 0 Å². The van der Waals surface area contributed by atoms with Gasteiger partial charge in [0.2, 0.25) is 10.0 Å². The van der Waals surface area contributed by atoms with Gasteiger partial charge in [-0.15, -0.1) is 0 Å². The van der Waals surface area contributed by atoms with Gasteiger partial charge in [-0.2, -0.15) is 0 Å². The van der Waals surface area contributed by atoms with Crippen molar-refractivity contribution in [3.05, 3.63) is 30.1 Å². The standard InChI is InChI=1S/C13H17BrFNO2S/c14-9-13(6-1-2-7-13)10-16-19(17,18)12-5-3-4-11(15)8-12/h3-5,8,16H,1-2,6-7,9-10H2. The quantitative estimate of drug-likeness (QED) is 0.830. The third kappa shape index (κ3) is 3.55. The van der Waals surface area contributed by atoms with E-state index in [4.69, 9.17) is 0 Å². The summed E-state index contributed by atoms with van der Waals surface area (Å²) in [6.45, 7) is 0.400. The van der Waals surface area contributed by atoms with Gasteiger partial charge < -0.3 is 0 Å². The largest absolute Gasteiger partial charge is 0.240 e. The molecule has 0 aliphatic heterocycles. The van der Waals surface area contributed by atoms with Gasteiger partial charge >= 0.3 is 0 Å². The number of hydrogen-bond acceptors (Lipinski definition) is 2. The van der Waals surface area contributed by atoms with E-state index in [1.807, 2.05) is 0 Å². The zero-order valence-electron chi connectivity index (χ0n) is 10.5. The van der Waals surface area contributed by atoms with E-state index in [0.717, 1.165) is 37.1 Å². The summed E-state index contributed by atoms with van der Waals surface area (Å²) >= 11 is 3.47. The lowest BCUT2D eigenvalue weighted by Crippen LogP contribution is -2.37. The fourth-order valence-corrected chi connectivity index (χ4v) is 4.40. The van der Waals surface area contributed by atoms with Gasteiger partial charge in [-0.25, -0.2) is 17.5 Å². The fraction of sp³-hybridized carbons (Fsp3) is 0.538. The maximum atomic E-state index is 13.1. The molecule has 0 spiro atoms. The Morgan fingerprint density at radius 1 is 1.32 bits per heavy atom. The van der Waals surface area contributed by atoms with Crippen LogP contribution in [-0.2, 0) is 10.0 Å². The summed E-state index contributed by atoms with van der Waals surface area (Å²) in [7, 11) is -3.63. The van der Waals surface area contributed by atoms with E-state index in [1.165, 1.54) is 18.2 Å². The summed E-state index contributed by atoms with van der Waals surface area (Å²) in [5.41, 5.74) is 0.000392. The monoisotopic (exact) mass is 349 g/mol. The van der Waals surface area contributed by atoms with Crippen molar-refractivity contribution >= 4 is 26.0 Å². The Morgan fingerprint density at radius 2 is 2.00 bits per heavy atom. The van der Waals surface area contributed by atoms with Crippen molar-refractivity contribution in [3.63, 3.8) is 0 Å². The molecule has 1 aliphatic rings. The van der Waals surface area contributed by atoms with E-state index in [0.29, 0.717) is 6.54 Å². The second-order valence-corrected chi connectivity index (χ2v) is 7.45. The molecule has 106 valence electrons. The predicted octanol–water partition coefficient (Wildman–Crippen LogP) is 3.06. The van der Waals surface area contributed by atoms with Crippen molar-refractivity contribution < 1.29 is 12.8 Å². The summed E-state index contributed by atoms with van der Waals surface area (Å²) in [5, 5.41) is 0.783. The van der Waals surface area contributed by atoms with Crippen molar-refractivity contribution in [2.24, 2.45) is 5.41 Å². The van der Waals surface area contributed by atoms with Crippen molar-refractivity contribution in [2.45, 2.75) is 30.6 Å². The first-order chi connectivity index (χ1) is 8.97. The molecule has 1 aromatic rings. The second-order valence-electron chi connectivity index (χ2n) is 5.12. The van der Waals surface area contributed by atoms with E-state index in [1.54, 1.807) is 0 Å². The maximum absolute atomic E-state index is 13.1. The highest BCUT2D eigenvalue weighted by Gasteiger charge is 2.34. The van der Waals surface area contributed by atoms with Crippen molar-refractivity contribution in [1.82, 2.24) is 4.72 Å². The molecule has 1 aromatic carbocycles. The Bertz CT molecular complexity index is 541. The summed E-state index contributed by atoms with van der Waals surface area (Å²) in [6.07, 6.45) is 4.30. The first-order valence-electron chi connectivity index (χ1n) is 6.29. The average molecular weight is 350 g/mol. The third-order valence-corrected chi connectivity index (χ3v) is 6.28. The van der Waals surface area contributed by atoms with Crippen LogP contribution in [0.2, 0.25) is 0 Å². The minimum atomic E-state index is -3.63. The van der Waals surface area contributed by atoms with E-state index in [2.05, 4.69) is 20.7 Å². The molecule has 0 saturated heterocycles. The normalized spacial score (nSPS) is 18.6. The van der Waals surface area contributed by atoms with Crippen LogP contribution < -0.4 is 4.72 Å². The van der Waals surface area contributed by atoms with Crippen molar-refractivity contribution in [2.75, 3.05) is 11.9 Å². The number of rotatable bonds is 5. The Labute approximate surface area is 121 Å². The molecule has 0 aromatic heterocycles. The molecule has 0 heterocycles. The molecular weight excluding hydrogens is 333 g/mol. The molecule has 2 rings (SSSR count). The minimum Gasteiger partial charge on any atom is -0.211 e. The third-order valence-electron chi connectivity index (χ3n) is 3.69. The van der Waals surface area contributed by atoms with Gasteiger partial charge in [-0.1, -0.05) is 34.8 Å². The second kappa shape index (κ2) is 5.89. The first-order valence-corrected chi connectivity index (χ1v) is 8.89. The van der Waals surface area contributed by atoms with Crippen LogP contribution in [0.25, 0.3) is 0 Å². The van der Waals surface area contributed by atoms with Gasteiger partial charge in [0, 0.05) is 11.9 Å². The summed E-state index contributed by atoms with van der Waals surface area (Å²) in [4.78, 5) is -0.0183. The molecule has 6 heteroatoms. The molecule has 0 radical (unpaired) electrons. The highest BCUT2D eigenvalue weighted by atomic mass is 79.9. The minimum absolute atomic E-state index is 0.000392. The Kier molecular flexibility index (Phi) is 4.63. The number of sulfonamides is 1. The van der Waals surface area contributed by atoms with Crippen LogP contribution in [0.5, 0.6) is 0 Å². The zero-order chi connectivity index (χ0) is 13.9. The van der Waals surface area contributed by atoms with Crippen LogP contribution >= 0.6 is 15.9 Å². The van der Waals surface area contributed by atoms with Gasteiger partial charge in [0.25, 0.3) is 0 Å². The smallest absolute Gasteiger partial charge is 0.211 e. The average Bonchev–Trinajstić information content (AvgIpc) is 2.86. The number of benzene rings is 1. The number of hydrogen-bond donors (Lipinski definition) is 1. The number of halogens is 2. The predicted molar refractivity (Wildman–Crippen MR) is 76.3 cm³/mol. The van der Waals surface area contributed by atoms with Gasteiger partial charge in [-0.3, -0.25) is 0 Å². The molecule has 1 fully saturated rings. The molecule has 1 saturated carbocycles. The van der Waals surface area contributed by atoms with Crippen LogP contribution in [0.1, 0.15) is 25.7 Å². The lowest BCUT2D eigenvalue weighted by Gasteiger charge is -2.26. The number of alkyl halides is 1. The molecule has 0 amide bonds. The molecule has 0 bridgehead atoms. The molecule has 1 aliphatic carbocycles. The van der Waals surface area contributed by atoms with Crippen molar-refractivity contribution in [1.29, 1.82) is 0 Å². The highest BCUT2D eigenvalue weighted by molar-refractivity contribution is 9.09. The molecule has 0 atom stereocenters. The van der Waals surface area contributed by atoms with Crippen LogP contribution in [0, 0.1) is 11.2 Å². The van der Waals surface area contributed by atoms with Crippen LogP contribution in [0.15, 0.2) is 29.2 Å². The Balaban J connectivity index is 2.09. The van der Waals surface area contributed by atoms with Gasteiger partial charge in [0.1, 0.15) is 5.82 Å². The first kappa shape index (κ1) is 14.9. The lowest BCUT2D eigenvalue weighted by atomic mass is 9.89. The fourth-order valence-electron chi connectivity index (χ4n) is 2.45. The SMILES string of the molecule is O=S(=O)(NCC1(CBr)CCCC1)c1cccc(F)c1. The Hall–Kier alpha value is -0.460. The Morgan fingerprint density at radius 3 is 2.58 bits per heavy atom. The summed E-state index contributed by atoms with van der Waals surface area (Å²) < 4.78 is 39.9. The van der Waals surface area contributed by atoms with E-state index < -0.39 is 15.8 Å². The van der Waals surface area contributed by atoms with Gasteiger partial charge in [-0.05, 0) is 36.5 Å². The van der Waals surface area contributed by atoms with Crippen molar-refractivity contribution in [3.8, 4) is 0 Å². The maximum Gasteiger partial charge on any atom is 0.240 e. The topological polar surface area (TPSA) is 46.2 Å².